The molecule has 0 aliphatic heterocycles. The van der Waals surface area contributed by atoms with Crippen LogP contribution >= 0.6 is 15.9 Å². The van der Waals surface area contributed by atoms with Crippen LogP contribution in [0.4, 0.5) is 8.78 Å². The van der Waals surface area contributed by atoms with Crippen LogP contribution in [-0.2, 0) is 4.79 Å². The van der Waals surface area contributed by atoms with Crippen molar-refractivity contribution in [1.82, 2.24) is 0 Å². The zero-order valence-corrected chi connectivity index (χ0v) is 10.5. The number of ether oxygens (including phenoxy) is 1. The van der Waals surface area contributed by atoms with Gasteiger partial charge in [0.15, 0.2) is 11.6 Å². The van der Waals surface area contributed by atoms with E-state index in [9.17, 15) is 13.6 Å². The Hall–Kier alpha value is -0.970. The van der Waals surface area contributed by atoms with Gasteiger partial charge in [-0.1, -0.05) is 6.92 Å². The van der Waals surface area contributed by atoms with Crippen LogP contribution in [0, 0.1) is 11.6 Å². The molecule has 0 radical (unpaired) electrons. The number of carbonyl (C=O) groups is 1. The molecule has 88 valence electrons. The van der Waals surface area contributed by atoms with Gasteiger partial charge in [-0.2, -0.15) is 0 Å². The molecule has 5 heteroatoms. The van der Waals surface area contributed by atoms with Crippen LogP contribution < -0.4 is 4.74 Å². The first kappa shape index (κ1) is 13.1. The maximum atomic E-state index is 13.6. The summed E-state index contributed by atoms with van der Waals surface area (Å²) in [6.45, 7) is 1.71. The molecule has 0 saturated heterocycles. The van der Waals surface area contributed by atoms with Gasteiger partial charge in [0.25, 0.3) is 0 Å². The second-order valence-corrected chi connectivity index (χ2v) is 4.21. The van der Waals surface area contributed by atoms with Crippen molar-refractivity contribution < 1.29 is 18.3 Å². The minimum Gasteiger partial charge on any atom is -0.493 e. The van der Waals surface area contributed by atoms with E-state index in [0.717, 1.165) is 0 Å². The van der Waals surface area contributed by atoms with Crippen molar-refractivity contribution in [2.75, 3.05) is 7.11 Å². The molecule has 1 atom stereocenters. The number of carbonyl (C=O) groups excluding carboxylic acids is 1. The fourth-order valence-electron chi connectivity index (χ4n) is 1.44. The fourth-order valence-corrected chi connectivity index (χ4v) is 1.74. The van der Waals surface area contributed by atoms with Gasteiger partial charge in [0, 0.05) is 12.0 Å². The number of aldehydes is 1. The summed E-state index contributed by atoms with van der Waals surface area (Å²) in [6, 6.07) is 1.18. The number of hydrogen-bond acceptors (Lipinski definition) is 2. The molecule has 0 aliphatic rings. The monoisotopic (exact) mass is 292 g/mol. The van der Waals surface area contributed by atoms with Crippen LogP contribution in [0.2, 0.25) is 0 Å². The first-order valence-electron chi connectivity index (χ1n) is 4.67. The van der Waals surface area contributed by atoms with E-state index in [2.05, 4.69) is 15.9 Å². The SMILES string of the molecule is COc1c(C(C)CC=O)cc(F)c(Br)c1F. The summed E-state index contributed by atoms with van der Waals surface area (Å²) in [6.07, 6.45) is 0.902. The van der Waals surface area contributed by atoms with Gasteiger partial charge in [0.1, 0.15) is 12.1 Å². The smallest absolute Gasteiger partial charge is 0.182 e. The topological polar surface area (TPSA) is 26.3 Å². The summed E-state index contributed by atoms with van der Waals surface area (Å²) in [4.78, 5) is 10.4. The standard InChI is InChI=1S/C11H11BrF2O2/c1-6(3-4-15)7-5-8(13)9(12)10(14)11(7)16-2/h4-6H,3H2,1-2H3. The number of methoxy groups -OCH3 is 1. The Bertz CT molecular complexity index is 407. The van der Waals surface area contributed by atoms with Crippen LogP contribution in [-0.4, -0.2) is 13.4 Å². The number of halogens is 3. The van der Waals surface area contributed by atoms with Crippen LogP contribution in [0.3, 0.4) is 0 Å². The van der Waals surface area contributed by atoms with Gasteiger partial charge in [0.2, 0.25) is 0 Å². The Morgan fingerprint density at radius 2 is 2.19 bits per heavy atom. The number of hydrogen-bond donors (Lipinski definition) is 0. The Labute approximate surface area is 101 Å². The molecule has 0 N–H and O–H groups in total. The van der Waals surface area contributed by atoms with Gasteiger partial charge in [-0.15, -0.1) is 0 Å². The molecular weight excluding hydrogens is 282 g/mol. The highest BCUT2D eigenvalue weighted by molar-refractivity contribution is 9.10. The molecular formula is C11H11BrF2O2. The van der Waals surface area contributed by atoms with E-state index in [0.29, 0.717) is 11.8 Å². The van der Waals surface area contributed by atoms with Crippen molar-refractivity contribution in [2.24, 2.45) is 0 Å². The third-order valence-electron chi connectivity index (χ3n) is 2.33. The minimum absolute atomic E-state index is 0.0253. The molecule has 1 aromatic rings. The predicted molar refractivity (Wildman–Crippen MR) is 59.7 cm³/mol. The van der Waals surface area contributed by atoms with Crippen LogP contribution in [0.15, 0.2) is 10.5 Å². The molecule has 0 fully saturated rings. The summed E-state index contributed by atoms with van der Waals surface area (Å²) in [5, 5.41) is 0. The number of benzene rings is 1. The minimum atomic E-state index is -0.782. The average Bonchev–Trinajstić information content (AvgIpc) is 2.26. The predicted octanol–water partition coefficient (Wildman–Crippen LogP) is 3.43. The lowest BCUT2D eigenvalue weighted by Gasteiger charge is -2.15. The van der Waals surface area contributed by atoms with Crippen LogP contribution in [0.1, 0.15) is 24.8 Å². The van der Waals surface area contributed by atoms with Crippen molar-refractivity contribution in [3.05, 3.63) is 27.7 Å². The maximum Gasteiger partial charge on any atom is 0.182 e. The van der Waals surface area contributed by atoms with Gasteiger partial charge < -0.3 is 9.53 Å². The van der Waals surface area contributed by atoms with Crippen molar-refractivity contribution in [3.63, 3.8) is 0 Å². The Balaban J connectivity index is 3.32. The summed E-state index contributed by atoms with van der Waals surface area (Å²) in [7, 11) is 1.31. The molecule has 0 saturated carbocycles. The molecule has 2 nitrogen and oxygen atoms in total. The van der Waals surface area contributed by atoms with Crippen molar-refractivity contribution in [2.45, 2.75) is 19.3 Å². The molecule has 1 aromatic carbocycles. The van der Waals surface area contributed by atoms with Crippen molar-refractivity contribution >= 4 is 22.2 Å². The normalized spacial score (nSPS) is 12.3. The van der Waals surface area contributed by atoms with Crippen LogP contribution in [0.5, 0.6) is 5.75 Å². The summed E-state index contributed by atoms with van der Waals surface area (Å²) >= 11 is 2.79. The maximum absolute atomic E-state index is 13.6. The number of rotatable bonds is 4. The Morgan fingerprint density at radius 3 is 2.69 bits per heavy atom. The second-order valence-electron chi connectivity index (χ2n) is 3.41. The molecule has 0 bridgehead atoms. The molecule has 0 aromatic heterocycles. The van der Waals surface area contributed by atoms with Crippen molar-refractivity contribution in [1.29, 1.82) is 0 Å². The fraction of sp³-hybridized carbons (Fsp3) is 0.364. The lowest BCUT2D eigenvalue weighted by Crippen LogP contribution is -2.03. The summed E-state index contributed by atoms with van der Waals surface area (Å²) in [5.41, 5.74) is 0.354. The highest BCUT2D eigenvalue weighted by Gasteiger charge is 2.20. The molecule has 16 heavy (non-hydrogen) atoms. The molecule has 1 rings (SSSR count). The van der Waals surface area contributed by atoms with Crippen molar-refractivity contribution in [3.8, 4) is 5.75 Å². The average molecular weight is 293 g/mol. The third kappa shape index (κ3) is 2.40. The molecule has 0 aliphatic carbocycles. The first-order chi connectivity index (χ1) is 7.52. The zero-order chi connectivity index (χ0) is 12.3. The van der Waals surface area contributed by atoms with E-state index >= 15 is 0 Å². The highest BCUT2D eigenvalue weighted by atomic mass is 79.9. The second kappa shape index (κ2) is 5.39. The van der Waals surface area contributed by atoms with E-state index in [-0.39, 0.29) is 22.6 Å². The van der Waals surface area contributed by atoms with Gasteiger partial charge in [-0.3, -0.25) is 0 Å². The molecule has 0 heterocycles. The quantitative estimate of drug-likeness (QED) is 0.628. The summed E-state index contributed by atoms with van der Waals surface area (Å²) < 4.78 is 31.6. The van der Waals surface area contributed by atoms with Gasteiger partial charge in [0.05, 0.1) is 11.6 Å². The van der Waals surface area contributed by atoms with Crippen LogP contribution in [0.25, 0.3) is 0 Å². The molecule has 1 unspecified atom stereocenters. The van der Waals surface area contributed by atoms with Gasteiger partial charge >= 0.3 is 0 Å². The first-order valence-corrected chi connectivity index (χ1v) is 5.47. The third-order valence-corrected chi connectivity index (χ3v) is 3.06. The van der Waals surface area contributed by atoms with Gasteiger partial charge in [-0.05, 0) is 27.9 Å². The van der Waals surface area contributed by atoms with Gasteiger partial charge in [-0.25, -0.2) is 8.78 Å². The van der Waals surface area contributed by atoms with E-state index in [1.807, 2.05) is 0 Å². The van der Waals surface area contributed by atoms with E-state index in [1.165, 1.54) is 13.2 Å². The van der Waals surface area contributed by atoms with E-state index in [4.69, 9.17) is 4.74 Å². The summed E-state index contributed by atoms with van der Waals surface area (Å²) in [5.74, 6) is -1.80. The lowest BCUT2D eigenvalue weighted by molar-refractivity contribution is -0.108. The zero-order valence-electron chi connectivity index (χ0n) is 8.89. The lowest BCUT2D eigenvalue weighted by atomic mass is 9.97. The highest BCUT2D eigenvalue weighted by Crippen LogP contribution is 2.36. The molecule has 0 amide bonds. The Kier molecular flexibility index (Phi) is 4.41. The Morgan fingerprint density at radius 1 is 1.56 bits per heavy atom. The van der Waals surface area contributed by atoms with E-state index in [1.54, 1.807) is 6.92 Å². The van der Waals surface area contributed by atoms with E-state index < -0.39 is 11.6 Å². The molecule has 0 spiro atoms. The largest absolute Gasteiger partial charge is 0.493 e.